The Morgan fingerprint density at radius 3 is 2.48 bits per heavy atom. The second-order valence-electron chi connectivity index (χ2n) is 6.41. The van der Waals surface area contributed by atoms with Crippen LogP contribution < -0.4 is 5.32 Å². The lowest BCUT2D eigenvalue weighted by molar-refractivity contribution is -0.153. The normalized spacial score (nSPS) is 11.9. The number of benzene rings is 1. The second-order valence-corrected chi connectivity index (χ2v) is 7.35. The second kappa shape index (κ2) is 9.62. The molecule has 0 spiro atoms. The number of nitrogens with one attached hydrogen (secondary N) is 1. The highest BCUT2D eigenvalue weighted by Gasteiger charge is 2.19. The Morgan fingerprint density at radius 2 is 1.90 bits per heavy atom. The van der Waals surface area contributed by atoms with Gasteiger partial charge >= 0.3 is 5.97 Å². The summed E-state index contributed by atoms with van der Waals surface area (Å²) in [5.41, 5.74) is 3.42. The van der Waals surface area contributed by atoms with Crippen LogP contribution in [0.3, 0.4) is 0 Å². The third-order valence-electron chi connectivity index (χ3n) is 4.52. The van der Waals surface area contributed by atoms with Gasteiger partial charge < -0.3 is 15.2 Å². The third-order valence-corrected chi connectivity index (χ3v) is 5.39. The van der Waals surface area contributed by atoms with Gasteiger partial charge in [-0.1, -0.05) is 32.0 Å². The van der Waals surface area contributed by atoms with E-state index in [9.17, 15) is 9.90 Å². The summed E-state index contributed by atoms with van der Waals surface area (Å²) in [5.74, 6) is 0.845. The monoisotopic (exact) mass is 411 g/mol. The first kappa shape index (κ1) is 21.0. The molecule has 0 aliphatic heterocycles. The molecule has 0 amide bonds. The lowest BCUT2D eigenvalue weighted by atomic mass is 10.1. The van der Waals surface area contributed by atoms with E-state index in [0.717, 1.165) is 40.5 Å². The third kappa shape index (κ3) is 4.81. The number of esters is 1. The number of aryl methyl sites for hydroxylation is 1. The number of hydrogen-bond donors (Lipinski definition) is 2. The van der Waals surface area contributed by atoms with Crippen LogP contribution in [0.15, 0.2) is 41.8 Å². The van der Waals surface area contributed by atoms with Gasteiger partial charge in [-0.25, -0.2) is 14.8 Å². The molecule has 0 fully saturated rings. The van der Waals surface area contributed by atoms with Crippen molar-refractivity contribution < 1.29 is 14.6 Å². The van der Waals surface area contributed by atoms with Gasteiger partial charge in [-0.3, -0.25) is 0 Å². The first-order valence-corrected chi connectivity index (χ1v) is 10.6. The molecule has 7 heteroatoms. The van der Waals surface area contributed by atoms with Crippen molar-refractivity contribution >= 4 is 28.8 Å². The van der Waals surface area contributed by atoms with Gasteiger partial charge in [0.1, 0.15) is 5.82 Å². The van der Waals surface area contributed by atoms with Gasteiger partial charge in [-0.15, -0.1) is 11.3 Å². The topological polar surface area (TPSA) is 84.3 Å². The highest BCUT2D eigenvalue weighted by Crippen LogP contribution is 2.29. The Balaban J connectivity index is 1.89. The van der Waals surface area contributed by atoms with Crippen molar-refractivity contribution in [1.29, 1.82) is 0 Å². The fourth-order valence-corrected chi connectivity index (χ4v) is 3.71. The van der Waals surface area contributed by atoms with Gasteiger partial charge in [0.05, 0.1) is 11.5 Å². The van der Waals surface area contributed by atoms with E-state index in [4.69, 9.17) is 14.7 Å². The van der Waals surface area contributed by atoms with Crippen LogP contribution in [0.4, 0.5) is 11.5 Å². The van der Waals surface area contributed by atoms with Crippen LogP contribution in [-0.4, -0.2) is 27.7 Å². The van der Waals surface area contributed by atoms with Crippen LogP contribution in [0, 0.1) is 0 Å². The van der Waals surface area contributed by atoms with E-state index in [-0.39, 0.29) is 6.61 Å². The zero-order chi connectivity index (χ0) is 20.8. The van der Waals surface area contributed by atoms with E-state index >= 15 is 0 Å². The summed E-state index contributed by atoms with van der Waals surface area (Å²) in [7, 11) is 0. The largest absolute Gasteiger partial charge is 0.464 e. The van der Waals surface area contributed by atoms with E-state index < -0.39 is 12.1 Å². The average Bonchev–Trinajstić information content (AvgIpc) is 3.28. The fraction of sp³-hybridized carbons (Fsp3) is 0.318. The number of thiophene rings is 1. The molecule has 2 heterocycles. The summed E-state index contributed by atoms with van der Waals surface area (Å²) >= 11 is 1.61. The number of anilines is 2. The van der Waals surface area contributed by atoms with E-state index in [2.05, 4.69) is 19.2 Å². The maximum atomic E-state index is 11.7. The summed E-state index contributed by atoms with van der Waals surface area (Å²) in [4.78, 5) is 22.3. The van der Waals surface area contributed by atoms with Crippen LogP contribution >= 0.6 is 11.3 Å². The van der Waals surface area contributed by atoms with Crippen molar-refractivity contribution in [3.05, 3.63) is 58.6 Å². The van der Waals surface area contributed by atoms with E-state index in [0.29, 0.717) is 11.4 Å². The van der Waals surface area contributed by atoms with Crippen LogP contribution in [0.2, 0.25) is 0 Å². The lowest BCUT2D eigenvalue weighted by Crippen LogP contribution is -2.15. The van der Waals surface area contributed by atoms with Gasteiger partial charge in [0.15, 0.2) is 11.9 Å². The molecule has 2 N–H and O–H groups in total. The molecular weight excluding hydrogens is 386 g/mol. The highest BCUT2D eigenvalue weighted by atomic mass is 32.1. The number of rotatable bonds is 8. The minimum absolute atomic E-state index is 0.232. The Bertz CT molecular complexity index is 956. The predicted octanol–water partition coefficient (Wildman–Crippen LogP) is 4.67. The Hall–Kier alpha value is -2.77. The molecule has 0 aliphatic carbocycles. The average molecular weight is 412 g/mol. The number of ether oxygens (including phenoxy) is 1. The number of carbonyl (C=O) groups is 1. The standard InChI is InChI=1S/C22H25N3O3S/c1-4-16-17(5-2)24-21(18-8-7-13-29-18)25-20(16)23-15-11-9-14(10-12-15)19(26)22(27)28-6-3/h7-13,19,26H,4-6H2,1-3H3,(H,23,24,25). The molecule has 0 radical (unpaired) electrons. The Kier molecular flexibility index (Phi) is 6.95. The molecule has 3 aromatic rings. The van der Waals surface area contributed by atoms with E-state index in [1.165, 1.54) is 0 Å². The Morgan fingerprint density at radius 1 is 1.14 bits per heavy atom. The predicted molar refractivity (Wildman–Crippen MR) is 115 cm³/mol. The summed E-state index contributed by atoms with van der Waals surface area (Å²) in [6, 6.07) is 11.0. The molecule has 0 saturated carbocycles. The van der Waals surface area contributed by atoms with Gasteiger partial charge in [0, 0.05) is 16.9 Å². The van der Waals surface area contributed by atoms with Gasteiger partial charge in [-0.2, -0.15) is 0 Å². The molecule has 2 aromatic heterocycles. The lowest BCUT2D eigenvalue weighted by Gasteiger charge is -2.15. The number of aliphatic hydroxyl groups is 1. The zero-order valence-electron chi connectivity index (χ0n) is 16.8. The summed E-state index contributed by atoms with van der Waals surface area (Å²) < 4.78 is 4.87. The first-order chi connectivity index (χ1) is 14.1. The minimum atomic E-state index is -1.29. The molecule has 29 heavy (non-hydrogen) atoms. The molecule has 3 rings (SSSR count). The number of aromatic nitrogens is 2. The molecule has 152 valence electrons. The molecule has 0 bridgehead atoms. The zero-order valence-corrected chi connectivity index (χ0v) is 17.6. The first-order valence-electron chi connectivity index (χ1n) is 9.72. The van der Waals surface area contributed by atoms with Crippen LogP contribution in [0.25, 0.3) is 10.7 Å². The summed E-state index contributed by atoms with van der Waals surface area (Å²) in [6.07, 6.45) is 0.352. The summed E-state index contributed by atoms with van der Waals surface area (Å²) in [5, 5.41) is 15.5. The maximum Gasteiger partial charge on any atom is 0.339 e. The van der Waals surface area contributed by atoms with Crippen molar-refractivity contribution in [3.63, 3.8) is 0 Å². The smallest absolute Gasteiger partial charge is 0.339 e. The quantitative estimate of drug-likeness (QED) is 0.524. The van der Waals surface area contributed by atoms with E-state index in [1.807, 2.05) is 29.6 Å². The molecule has 0 aliphatic rings. The molecule has 0 saturated heterocycles. The molecule has 1 unspecified atom stereocenters. The van der Waals surface area contributed by atoms with Crippen molar-refractivity contribution in [1.82, 2.24) is 9.97 Å². The fourth-order valence-electron chi connectivity index (χ4n) is 3.06. The number of aliphatic hydroxyl groups excluding tert-OH is 1. The number of hydrogen-bond acceptors (Lipinski definition) is 7. The minimum Gasteiger partial charge on any atom is -0.464 e. The van der Waals surface area contributed by atoms with Crippen LogP contribution in [-0.2, 0) is 22.4 Å². The van der Waals surface area contributed by atoms with Crippen molar-refractivity contribution in [2.75, 3.05) is 11.9 Å². The molecular formula is C22H25N3O3S. The number of nitrogens with zero attached hydrogens (tertiary/aromatic N) is 2. The van der Waals surface area contributed by atoms with Crippen molar-refractivity contribution in [2.24, 2.45) is 0 Å². The van der Waals surface area contributed by atoms with Crippen molar-refractivity contribution in [3.8, 4) is 10.7 Å². The van der Waals surface area contributed by atoms with Crippen LogP contribution in [0.5, 0.6) is 0 Å². The number of carbonyl (C=O) groups excluding carboxylic acids is 1. The van der Waals surface area contributed by atoms with Gasteiger partial charge in [-0.05, 0) is 48.9 Å². The summed E-state index contributed by atoms with van der Waals surface area (Å²) in [6.45, 7) is 6.12. The molecule has 1 atom stereocenters. The molecule has 6 nitrogen and oxygen atoms in total. The molecule has 1 aromatic carbocycles. The maximum absolute atomic E-state index is 11.7. The van der Waals surface area contributed by atoms with Gasteiger partial charge in [0.25, 0.3) is 0 Å². The van der Waals surface area contributed by atoms with Crippen LogP contribution in [0.1, 0.15) is 43.7 Å². The Labute approximate surface area is 174 Å². The SMILES string of the molecule is CCOC(=O)C(O)c1ccc(Nc2nc(-c3cccs3)nc(CC)c2CC)cc1. The van der Waals surface area contributed by atoms with E-state index in [1.54, 1.807) is 30.4 Å². The van der Waals surface area contributed by atoms with Crippen molar-refractivity contribution in [2.45, 2.75) is 39.7 Å². The van der Waals surface area contributed by atoms with Gasteiger partial charge in [0.2, 0.25) is 0 Å². The highest BCUT2D eigenvalue weighted by molar-refractivity contribution is 7.13.